The van der Waals surface area contributed by atoms with E-state index in [9.17, 15) is 0 Å². The SMILES string of the molecule is CC(C)CNCc1cc(Br)cnc1OCc1cccs1. The standard InChI is InChI=1S/C15H19BrN2OS/c1-11(2)7-17-8-12-6-13(16)9-18-15(12)19-10-14-4-3-5-20-14/h3-6,9,11,17H,7-8,10H2,1-2H3. The van der Waals surface area contributed by atoms with E-state index in [1.54, 1.807) is 17.5 Å². The lowest BCUT2D eigenvalue weighted by Gasteiger charge is -2.12. The van der Waals surface area contributed by atoms with E-state index >= 15 is 0 Å². The van der Waals surface area contributed by atoms with Crippen LogP contribution in [0.4, 0.5) is 0 Å². The monoisotopic (exact) mass is 354 g/mol. The molecule has 5 heteroatoms. The topological polar surface area (TPSA) is 34.2 Å². The minimum absolute atomic E-state index is 0.573. The van der Waals surface area contributed by atoms with Crippen molar-refractivity contribution in [3.05, 3.63) is 44.7 Å². The highest BCUT2D eigenvalue weighted by Gasteiger charge is 2.07. The summed E-state index contributed by atoms with van der Waals surface area (Å²) in [5.41, 5.74) is 1.08. The first-order valence-corrected chi connectivity index (χ1v) is 8.32. The van der Waals surface area contributed by atoms with E-state index in [1.165, 1.54) is 4.88 Å². The molecule has 2 aromatic heterocycles. The maximum absolute atomic E-state index is 5.83. The van der Waals surface area contributed by atoms with Crippen molar-refractivity contribution in [2.24, 2.45) is 5.92 Å². The van der Waals surface area contributed by atoms with Crippen LogP contribution in [-0.2, 0) is 13.2 Å². The zero-order valence-corrected chi connectivity index (χ0v) is 14.1. The number of rotatable bonds is 7. The summed E-state index contributed by atoms with van der Waals surface area (Å²) in [4.78, 5) is 5.58. The lowest BCUT2D eigenvalue weighted by atomic mass is 10.2. The summed E-state index contributed by atoms with van der Waals surface area (Å²) >= 11 is 5.16. The van der Waals surface area contributed by atoms with Gasteiger partial charge in [0.25, 0.3) is 0 Å². The van der Waals surface area contributed by atoms with Gasteiger partial charge in [-0.3, -0.25) is 0 Å². The Morgan fingerprint density at radius 2 is 2.30 bits per heavy atom. The number of hydrogen-bond donors (Lipinski definition) is 1. The molecule has 2 heterocycles. The van der Waals surface area contributed by atoms with Gasteiger partial charge in [-0.1, -0.05) is 19.9 Å². The molecule has 0 fully saturated rings. The normalized spacial score (nSPS) is 11.0. The largest absolute Gasteiger partial charge is 0.472 e. The van der Waals surface area contributed by atoms with E-state index in [4.69, 9.17) is 4.74 Å². The zero-order chi connectivity index (χ0) is 14.4. The van der Waals surface area contributed by atoms with Gasteiger partial charge in [0.15, 0.2) is 0 Å². The van der Waals surface area contributed by atoms with Crippen molar-refractivity contribution >= 4 is 27.3 Å². The van der Waals surface area contributed by atoms with Gasteiger partial charge < -0.3 is 10.1 Å². The van der Waals surface area contributed by atoms with Crippen molar-refractivity contribution in [2.75, 3.05) is 6.54 Å². The summed E-state index contributed by atoms with van der Waals surface area (Å²) < 4.78 is 6.81. The number of thiophene rings is 1. The van der Waals surface area contributed by atoms with Crippen LogP contribution >= 0.6 is 27.3 Å². The van der Waals surface area contributed by atoms with Gasteiger partial charge in [-0.2, -0.15) is 0 Å². The molecule has 1 N–H and O–H groups in total. The van der Waals surface area contributed by atoms with Crippen LogP contribution in [0.25, 0.3) is 0 Å². The summed E-state index contributed by atoms with van der Waals surface area (Å²) in [6.45, 7) is 6.71. The number of nitrogens with zero attached hydrogens (tertiary/aromatic N) is 1. The predicted octanol–water partition coefficient (Wildman–Crippen LogP) is 4.23. The molecule has 20 heavy (non-hydrogen) atoms. The van der Waals surface area contributed by atoms with E-state index in [-0.39, 0.29) is 0 Å². The maximum atomic E-state index is 5.83. The van der Waals surface area contributed by atoms with Gasteiger partial charge in [0.05, 0.1) is 0 Å². The molecule has 0 bridgehead atoms. The Kier molecular flexibility index (Phi) is 6.01. The molecule has 2 rings (SSSR count). The lowest BCUT2D eigenvalue weighted by Crippen LogP contribution is -2.19. The first-order chi connectivity index (χ1) is 9.65. The number of hydrogen-bond acceptors (Lipinski definition) is 4. The van der Waals surface area contributed by atoms with Crippen molar-refractivity contribution in [1.82, 2.24) is 10.3 Å². The van der Waals surface area contributed by atoms with Crippen LogP contribution in [0.1, 0.15) is 24.3 Å². The fourth-order valence-corrected chi connectivity index (χ4v) is 2.75. The summed E-state index contributed by atoms with van der Waals surface area (Å²) in [5.74, 6) is 1.34. The lowest BCUT2D eigenvalue weighted by molar-refractivity contribution is 0.292. The molecular formula is C15H19BrN2OS. The third kappa shape index (κ3) is 4.89. The smallest absolute Gasteiger partial charge is 0.218 e. The quantitative estimate of drug-likeness (QED) is 0.807. The van der Waals surface area contributed by atoms with Crippen LogP contribution in [0.15, 0.2) is 34.2 Å². The van der Waals surface area contributed by atoms with Crippen LogP contribution in [0, 0.1) is 5.92 Å². The molecular weight excluding hydrogens is 336 g/mol. The van der Waals surface area contributed by atoms with Gasteiger partial charge in [-0.05, 0) is 45.9 Å². The average molecular weight is 355 g/mol. The van der Waals surface area contributed by atoms with Crippen LogP contribution in [0.3, 0.4) is 0 Å². The van der Waals surface area contributed by atoms with Gasteiger partial charge in [0.1, 0.15) is 6.61 Å². The highest BCUT2D eigenvalue weighted by atomic mass is 79.9. The van der Waals surface area contributed by atoms with Crippen LogP contribution in [0.5, 0.6) is 5.88 Å². The molecule has 108 valence electrons. The molecule has 0 atom stereocenters. The number of pyridine rings is 1. The molecule has 0 saturated carbocycles. The van der Waals surface area contributed by atoms with Gasteiger partial charge in [-0.15, -0.1) is 11.3 Å². The van der Waals surface area contributed by atoms with E-state index in [2.05, 4.69) is 57.6 Å². The summed E-state index contributed by atoms with van der Waals surface area (Å²) in [6.07, 6.45) is 1.77. The average Bonchev–Trinajstić information content (AvgIpc) is 2.90. The van der Waals surface area contributed by atoms with E-state index in [0.717, 1.165) is 23.1 Å². The molecule has 0 aliphatic heterocycles. The van der Waals surface area contributed by atoms with Gasteiger partial charge >= 0.3 is 0 Å². The Bertz CT molecular complexity index is 529. The highest BCUT2D eigenvalue weighted by molar-refractivity contribution is 9.10. The Hall–Kier alpha value is -0.910. The van der Waals surface area contributed by atoms with Crippen LogP contribution in [-0.4, -0.2) is 11.5 Å². The minimum Gasteiger partial charge on any atom is -0.472 e. The molecule has 0 radical (unpaired) electrons. The first kappa shape index (κ1) is 15.5. The third-order valence-electron chi connectivity index (χ3n) is 2.69. The van der Waals surface area contributed by atoms with Crippen molar-refractivity contribution in [2.45, 2.75) is 27.0 Å². The molecule has 0 aliphatic rings. The fourth-order valence-electron chi connectivity index (χ4n) is 1.75. The molecule has 0 saturated heterocycles. The van der Waals surface area contributed by atoms with Crippen molar-refractivity contribution < 1.29 is 4.74 Å². The number of halogens is 1. The number of aromatic nitrogens is 1. The van der Waals surface area contributed by atoms with E-state index in [1.807, 2.05) is 6.07 Å². The van der Waals surface area contributed by atoms with E-state index in [0.29, 0.717) is 18.4 Å². The molecule has 2 aromatic rings. The Balaban J connectivity index is 1.99. The van der Waals surface area contributed by atoms with Gasteiger partial charge in [0, 0.05) is 27.7 Å². The van der Waals surface area contributed by atoms with Gasteiger partial charge in [-0.25, -0.2) is 4.98 Å². The van der Waals surface area contributed by atoms with Crippen LogP contribution in [0.2, 0.25) is 0 Å². The van der Waals surface area contributed by atoms with Crippen molar-refractivity contribution in [1.29, 1.82) is 0 Å². The first-order valence-electron chi connectivity index (χ1n) is 6.65. The zero-order valence-electron chi connectivity index (χ0n) is 11.7. The molecule has 0 aliphatic carbocycles. The van der Waals surface area contributed by atoms with Gasteiger partial charge in [0.2, 0.25) is 5.88 Å². The maximum Gasteiger partial charge on any atom is 0.218 e. The molecule has 0 unspecified atom stereocenters. The summed E-state index contributed by atoms with van der Waals surface area (Å²) in [7, 11) is 0. The number of nitrogens with one attached hydrogen (secondary N) is 1. The van der Waals surface area contributed by atoms with Crippen molar-refractivity contribution in [3.8, 4) is 5.88 Å². The minimum atomic E-state index is 0.573. The molecule has 0 amide bonds. The summed E-state index contributed by atoms with van der Waals surface area (Å²) in [6, 6.07) is 6.16. The Morgan fingerprint density at radius 3 is 3.00 bits per heavy atom. The van der Waals surface area contributed by atoms with Crippen LogP contribution < -0.4 is 10.1 Å². The number of ether oxygens (including phenoxy) is 1. The third-order valence-corrected chi connectivity index (χ3v) is 3.97. The second-order valence-electron chi connectivity index (χ2n) is 5.01. The Morgan fingerprint density at radius 1 is 1.45 bits per heavy atom. The predicted molar refractivity (Wildman–Crippen MR) is 87.1 cm³/mol. The summed E-state index contributed by atoms with van der Waals surface area (Å²) in [5, 5.41) is 5.48. The highest BCUT2D eigenvalue weighted by Crippen LogP contribution is 2.21. The molecule has 0 spiro atoms. The van der Waals surface area contributed by atoms with E-state index < -0.39 is 0 Å². The second kappa shape index (κ2) is 7.76. The van der Waals surface area contributed by atoms with Crippen molar-refractivity contribution in [3.63, 3.8) is 0 Å². The molecule has 0 aromatic carbocycles. The molecule has 3 nitrogen and oxygen atoms in total. The second-order valence-corrected chi connectivity index (χ2v) is 6.96. The Labute approximate surface area is 132 Å². The fraction of sp³-hybridized carbons (Fsp3) is 0.400.